The highest BCUT2D eigenvalue weighted by Gasteiger charge is 2.23. The minimum Gasteiger partial charge on any atom is -0.493 e. The average molecular weight is 453 g/mol. The fourth-order valence-corrected chi connectivity index (χ4v) is 3.72. The summed E-state index contributed by atoms with van der Waals surface area (Å²) in [5.41, 5.74) is -0.160. The molecule has 2 aromatic carbocycles. The number of ether oxygens (including phenoxy) is 3. The lowest BCUT2D eigenvalue weighted by molar-refractivity contribution is 0.0723. The zero-order valence-corrected chi connectivity index (χ0v) is 19.4. The normalized spacial score (nSPS) is 10.8. The van der Waals surface area contributed by atoms with Gasteiger partial charge in [0.25, 0.3) is 5.75 Å². The molecule has 1 heterocycles. The largest absolute Gasteiger partial charge is 0.493 e. The average Bonchev–Trinajstić information content (AvgIpc) is 2.84. The highest BCUT2D eigenvalue weighted by atomic mass is 16.6. The van der Waals surface area contributed by atoms with Crippen molar-refractivity contribution in [2.45, 2.75) is 58.3 Å². The predicted octanol–water partition coefficient (Wildman–Crippen LogP) is 6.54. The minimum atomic E-state index is -0.788. The molecule has 0 saturated heterocycles. The molecule has 0 radical (unpaired) electrons. The van der Waals surface area contributed by atoms with Crippen molar-refractivity contribution in [2.75, 3.05) is 13.7 Å². The van der Waals surface area contributed by atoms with E-state index in [2.05, 4.69) is 6.92 Å². The summed E-state index contributed by atoms with van der Waals surface area (Å²) in [7, 11) is 1.42. The van der Waals surface area contributed by atoms with Crippen molar-refractivity contribution >= 4 is 16.9 Å². The maximum absolute atomic E-state index is 12.6. The van der Waals surface area contributed by atoms with Gasteiger partial charge in [0.2, 0.25) is 0 Å². The SMILES string of the molecule is CCCCCCCCCCOc1cccc2oc(=O)c(OC(=O)c3ccccc3)c(OC)c12. The van der Waals surface area contributed by atoms with Crippen molar-refractivity contribution in [2.24, 2.45) is 0 Å². The van der Waals surface area contributed by atoms with Gasteiger partial charge in [0.15, 0.2) is 5.75 Å². The lowest BCUT2D eigenvalue weighted by Gasteiger charge is -2.14. The van der Waals surface area contributed by atoms with Gasteiger partial charge in [-0.05, 0) is 30.7 Å². The second-order valence-corrected chi connectivity index (χ2v) is 7.96. The van der Waals surface area contributed by atoms with Gasteiger partial charge in [0, 0.05) is 0 Å². The van der Waals surface area contributed by atoms with Crippen LogP contribution in [0.2, 0.25) is 0 Å². The number of esters is 1. The molecule has 0 aliphatic heterocycles. The van der Waals surface area contributed by atoms with Crippen molar-refractivity contribution in [3.63, 3.8) is 0 Å². The molecular formula is C27H32O6. The highest BCUT2D eigenvalue weighted by Crippen LogP contribution is 2.39. The molecule has 0 fully saturated rings. The number of benzene rings is 2. The Morgan fingerprint density at radius 3 is 2.24 bits per heavy atom. The Bertz CT molecular complexity index is 1090. The van der Waals surface area contributed by atoms with E-state index in [9.17, 15) is 9.59 Å². The van der Waals surface area contributed by atoms with Crippen LogP contribution in [-0.2, 0) is 0 Å². The fourth-order valence-electron chi connectivity index (χ4n) is 3.72. The summed E-state index contributed by atoms with van der Waals surface area (Å²) in [6.07, 6.45) is 9.65. The molecule has 6 heteroatoms. The van der Waals surface area contributed by atoms with E-state index in [4.69, 9.17) is 18.6 Å². The van der Waals surface area contributed by atoms with Crippen LogP contribution in [0.25, 0.3) is 11.0 Å². The van der Waals surface area contributed by atoms with Gasteiger partial charge >= 0.3 is 11.6 Å². The van der Waals surface area contributed by atoms with Crippen LogP contribution in [0.5, 0.6) is 17.2 Å². The molecule has 0 saturated carbocycles. The molecule has 0 aliphatic carbocycles. The van der Waals surface area contributed by atoms with Crippen LogP contribution in [0.15, 0.2) is 57.7 Å². The molecule has 0 bridgehead atoms. The molecule has 6 nitrogen and oxygen atoms in total. The van der Waals surface area contributed by atoms with E-state index in [0.29, 0.717) is 28.9 Å². The lowest BCUT2D eigenvalue weighted by atomic mass is 10.1. The van der Waals surface area contributed by atoms with E-state index in [1.165, 1.54) is 45.6 Å². The maximum Gasteiger partial charge on any atom is 0.383 e. The number of methoxy groups -OCH3 is 1. The third kappa shape index (κ3) is 6.60. The van der Waals surface area contributed by atoms with Crippen molar-refractivity contribution in [3.8, 4) is 17.2 Å². The van der Waals surface area contributed by atoms with Gasteiger partial charge in [-0.1, -0.05) is 76.1 Å². The third-order valence-corrected chi connectivity index (χ3v) is 5.47. The summed E-state index contributed by atoms with van der Waals surface area (Å²) in [5, 5.41) is 0.468. The summed E-state index contributed by atoms with van der Waals surface area (Å²) in [6.45, 7) is 2.76. The first-order valence-electron chi connectivity index (χ1n) is 11.7. The number of unbranched alkanes of at least 4 members (excludes halogenated alkanes) is 7. The van der Waals surface area contributed by atoms with Crippen LogP contribution >= 0.6 is 0 Å². The molecule has 3 rings (SSSR count). The molecule has 0 atom stereocenters. The Balaban J connectivity index is 1.72. The van der Waals surface area contributed by atoms with Crippen molar-refractivity contribution in [3.05, 3.63) is 64.5 Å². The van der Waals surface area contributed by atoms with E-state index in [1.807, 2.05) is 0 Å². The van der Waals surface area contributed by atoms with E-state index in [1.54, 1.807) is 48.5 Å². The van der Waals surface area contributed by atoms with E-state index < -0.39 is 11.6 Å². The van der Waals surface area contributed by atoms with Gasteiger partial charge in [-0.15, -0.1) is 0 Å². The third-order valence-electron chi connectivity index (χ3n) is 5.47. The summed E-state index contributed by atoms with van der Waals surface area (Å²) in [6, 6.07) is 13.6. The summed E-state index contributed by atoms with van der Waals surface area (Å²) >= 11 is 0. The minimum absolute atomic E-state index is 0.122. The first-order chi connectivity index (χ1) is 16.2. The molecule has 0 spiro atoms. The summed E-state index contributed by atoms with van der Waals surface area (Å²) in [5.74, 6) is -0.315. The van der Waals surface area contributed by atoms with Gasteiger partial charge in [0.1, 0.15) is 16.7 Å². The number of fused-ring (bicyclic) bond motifs is 1. The van der Waals surface area contributed by atoms with Crippen molar-refractivity contribution in [1.29, 1.82) is 0 Å². The fraction of sp³-hybridized carbons (Fsp3) is 0.407. The molecule has 176 valence electrons. The highest BCUT2D eigenvalue weighted by molar-refractivity contribution is 5.95. The smallest absolute Gasteiger partial charge is 0.383 e. The Morgan fingerprint density at radius 1 is 0.848 bits per heavy atom. The number of hydrogen-bond donors (Lipinski definition) is 0. The van der Waals surface area contributed by atoms with Gasteiger partial charge < -0.3 is 18.6 Å². The van der Waals surface area contributed by atoms with E-state index >= 15 is 0 Å². The Kier molecular flexibility index (Phi) is 9.36. The Morgan fingerprint density at radius 2 is 1.55 bits per heavy atom. The molecule has 33 heavy (non-hydrogen) atoms. The topological polar surface area (TPSA) is 75.0 Å². The summed E-state index contributed by atoms with van der Waals surface area (Å²) < 4.78 is 22.3. The monoisotopic (exact) mass is 452 g/mol. The first-order valence-corrected chi connectivity index (χ1v) is 11.7. The molecular weight excluding hydrogens is 420 g/mol. The van der Waals surface area contributed by atoms with Crippen LogP contribution in [0.3, 0.4) is 0 Å². The number of carbonyl (C=O) groups excluding carboxylic acids is 1. The first kappa shape index (κ1) is 24.4. The van der Waals surface area contributed by atoms with Gasteiger partial charge in [-0.2, -0.15) is 0 Å². The van der Waals surface area contributed by atoms with E-state index in [0.717, 1.165) is 12.8 Å². The molecule has 0 N–H and O–H groups in total. The second kappa shape index (κ2) is 12.7. The number of rotatable bonds is 13. The number of hydrogen-bond acceptors (Lipinski definition) is 6. The van der Waals surface area contributed by atoms with Crippen LogP contribution in [0.4, 0.5) is 0 Å². The zero-order chi connectivity index (χ0) is 23.5. The zero-order valence-electron chi connectivity index (χ0n) is 19.4. The predicted molar refractivity (Wildman–Crippen MR) is 129 cm³/mol. The van der Waals surface area contributed by atoms with Crippen LogP contribution in [0.1, 0.15) is 68.6 Å². The molecule has 0 aliphatic rings. The van der Waals surface area contributed by atoms with Crippen LogP contribution < -0.4 is 19.8 Å². The quantitative estimate of drug-likeness (QED) is 0.166. The maximum atomic E-state index is 12.6. The lowest BCUT2D eigenvalue weighted by Crippen LogP contribution is -2.16. The standard InChI is InChI=1S/C27H32O6/c1-3-4-5-6-7-8-9-13-19-31-21-17-14-18-22-23(21)24(30-2)25(27(29)32-22)33-26(28)20-15-11-10-12-16-20/h10-12,14-18H,3-9,13,19H2,1-2H3. The van der Waals surface area contributed by atoms with Crippen LogP contribution in [0, 0.1) is 0 Å². The van der Waals surface area contributed by atoms with Crippen molar-refractivity contribution < 1.29 is 23.4 Å². The molecule has 3 aromatic rings. The molecule has 0 amide bonds. The van der Waals surface area contributed by atoms with E-state index in [-0.39, 0.29) is 11.5 Å². The van der Waals surface area contributed by atoms with Gasteiger partial charge in [-0.25, -0.2) is 9.59 Å². The van der Waals surface area contributed by atoms with Crippen LogP contribution in [-0.4, -0.2) is 19.7 Å². The number of carbonyl (C=O) groups is 1. The van der Waals surface area contributed by atoms with Gasteiger partial charge in [0.05, 0.1) is 19.3 Å². The van der Waals surface area contributed by atoms with Crippen molar-refractivity contribution in [1.82, 2.24) is 0 Å². The molecule has 0 unspecified atom stereocenters. The second-order valence-electron chi connectivity index (χ2n) is 7.96. The summed E-state index contributed by atoms with van der Waals surface area (Å²) in [4.78, 5) is 25.1. The van der Waals surface area contributed by atoms with Gasteiger partial charge in [-0.3, -0.25) is 0 Å². The Labute approximate surface area is 194 Å². The Hall–Kier alpha value is -3.28. The molecule has 1 aromatic heterocycles.